The van der Waals surface area contributed by atoms with Crippen LogP contribution in [0.5, 0.6) is 0 Å². The molecular formula is C13H17N3O2. The number of hydrogen-bond acceptors (Lipinski definition) is 3. The zero-order valence-corrected chi connectivity index (χ0v) is 10.7. The number of benzene rings is 1. The summed E-state index contributed by atoms with van der Waals surface area (Å²) >= 11 is 0. The smallest absolute Gasteiger partial charge is 0.271 e. The largest absolute Gasteiger partial charge is 0.355 e. The Kier molecular flexibility index (Phi) is 5.05. The summed E-state index contributed by atoms with van der Waals surface area (Å²) in [5.74, 6) is -0.198. The maximum absolute atomic E-state index is 11.7. The summed E-state index contributed by atoms with van der Waals surface area (Å²) in [5, 5.41) is 6.33. The van der Waals surface area contributed by atoms with E-state index in [2.05, 4.69) is 15.8 Å². The van der Waals surface area contributed by atoms with E-state index in [1.54, 1.807) is 37.5 Å². The van der Waals surface area contributed by atoms with E-state index in [1.807, 2.05) is 13.8 Å². The lowest BCUT2D eigenvalue weighted by molar-refractivity contribution is 0.0946. The van der Waals surface area contributed by atoms with Crippen molar-refractivity contribution < 1.29 is 9.59 Å². The maximum atomic E-state index is 11.7. The first kappa shape index (κ1) is 13.9. The van der Waals surface area contributed by atoms with Gasteiger partial charge in [-0.3, -0.25) is 9.59 Å². The number of carbonyl (C=O) groups excluding carboxylic acids is 2. The van der Waals surface area contributed by atoms with Gasteiger partial charge in [0.2, 0.25) is 0 Å². The first-order valence-corrected chi connectivity index (χ1v) is 5.70. The summed E-state index contributed by atoms with van der Waals surface area (Å²) in [6, 6.07) is 6.37. The van der Waals surface area contributed by atoms with Gasteiger partial charge in [-0.2, -0.15) is 5.10 Å². The number of rotatable bonds is 4. The zero-order valence-electron chi connectivity index (χ0n) is 10.7. The number of amides is 2. The molecule has 0 saturated carbocycles. The van der Waals surface area contributed by atoms with Crippen molar-refractivity contribution in [3.05, 3.63) is 35.4 Å². The average molecular weight is 247 g/mol. The van der Waals surface area contributed by atoms with Gasteiger partial charge < -0.3 is 5.32 Å². The third-order valence-electron chi connectivity index (χ3n) is 2.18. The van der Waals surface area contributed by atoms with Crippen LogP contribution in [-0.4, -0.2) is 25.1 Å². The number of hydrogen-bond donors (Lipinski definition) is 2. The lowest BCUT2D eigenvalue weighted by atomic mass is 10.1. The van der Waals surface area contributed by atoms with Crippen LogP contribution in [0.2, 0.25) is 0 Å². The maximum Gasteiger partial charge on any atom is 0.271 e. The van der Waals surface area contributed by atoms with Crippen LogP contribution in [-0.2, 0) is 0 Å². The molecule has 1 rings (SSSR count). The molecule has 0 aliphatic carbocycles. The van der Waals surface area contributed by atoms with Crippen molar-refractivity contribution in [1.29, 1.82) is 0 Å². The van der Waals surface area contributed by atoms with Gasteiger partial charge in [-0.25, -0.2) is 5.43 Å². The predicted octanol–water partition coefficient (Wildman–Crippen LogP) is 1.42. The van der Waals surface area contributed by atoms with E-state index in [4.69, 9.17) is 0 Å². The van der Waals surface area contributed by atoms with Gasteiger partial charge in [0.1, 0.15) is 0 Å². The topological polar surface area (TPSA) is 70.6 Å². The molecule has 1 aromatic carbocycles. The number of carbonyl (C=O) groups is 2. The highest BCUT2D eigenvalue weighted by Crippen LogP contribution is 2.04. The minimum atomic E-state index is -0.296. The summed E-state index contributed by atoms with van der Waals surface area (Å²) in [5.41, 5.74) is 3.40. The number of nitrogens with one attached hydrogen (secondary N) is 2. The van der Waals surface area contributed by atoms with Gasteiger partial charge in [0.25, 0.3) is 11.8 Å². The molecule has 0 radical (unpaired) electrons. The number of hydrazone groups is 1. The molecule has 0 fully saturated rings. The molecular weight excluding hydrogens is 230 g/mol. The van der Waals surface area contributed by atoms with E-state index in [9.17, 15) is 9.59 Å². The molecule has 5 nitrogen and oxygen atoms in total. The molecule has 18 heavy (non-hydrogen) atoms. The van der Waals surface area contributed by atoms with E-state index in [-0.39, 0.29) is 17.7 Å². The molecule has 0 unspecified atom stereocenters. The SMILES string of the molecule is CNC(=O)c1ccc(C(=O)N/N=C/C(C)C)cc1. The molecule has 0 aliphatic rings. The first-order valence-electron chi connectivity index (χ1n) is 5.70. The zero-order chi connectivity index (χ0) is 13.5. The van der Waals surface area contributed by atoms with Crippen LogP contribution in [0, 0.1) is 5.92 Å². The molecule has 0 aliphatic heterocycles. The van der Waals surface area contributed by atoms with Gasteiger partial charge >= 0.3 is 0 Å². The third kappa shape index (κ3) is 4.01. The molecule has 0 spiro atoms. The summed E-state index contributed by atoms with van der Waals surface area (Å²) in [6.45, 7) is 3.93. The minimum absolute atomic E-state index is 0.181. The second-order valence-electron chi connectivity index (χ2n) is 4.12. The Hall–Kier alpha value is -2.17. The van der Waals surface area contributed by atoms with Gasteiger partial charge in [-0.05, 0) is 30.2 Å². The monoisotopic (exact) mass is 247 g/mol. The normalized spacial score (nSPS) is 10.7. The lowest BCUT2D eigenvalue weighted by Crippen LogP contribution is -2.20. The second kappa shape index (κ2) is 6.54. The molecule has 0 bridgehead atoms. The molecule has 5 heteroatoms. The second-order valence-corrected chi connectivity index (χ2v) is 4.12. The van der Waals surface area contributed by atoms with Crippen LogP contribution in [0.15, 0.2) is 29.4 Å². The van der Waals surface area contributed by atoms with E-state index in [1.165, 1.54) is 0 Å². The van der Waals surface area contributed by atoms with Gasteiger partial charge in [-0.15, -0.1) is 0 Å². The van der Waals surface area contributed by atoms with Crippen molar-refractivity contribution in [1.82, 2.24) is 10.7 Å². The van der Waals surface area contributed by atoms with Crippen LogP contribution >= 0.6 is 0 Å². The van der Waals surface area contributed by atoms with Crippen molar-refractivity contribution in [3.63, 3.8) is 0 Å². The Labute approximate surface area is 106 Å². The Morgan fingerprint density at radius 2 is 1.61 bits per heavy atom. The van der Waals surface area contributed by atoms with Gasteiger partial charge in [-0.1, -0.05) is 13.8 Å². The Balaban J connectivity index is 2.67. The highest BCUT2D eigenvalue weighted by atomic mass is 16.2. The van der Waals surface area contributed by atoms with Gasteiger partial charge in [0, 0.05) is 24.4 Å². The summed E-state index contributed by atoms with van der Waals surface area (Å²) in [6.07, 6.45) is 1.65. The molecule has 0 heterocycles. The summed E-state index contributed by atoms with van der Waals surface area (Å²) in [7, 11) is 1.56. The van der Waals surface area contributed by atoms with Gasteiger partial charge in [0.15, 0.2) is 0 Å². The Bertz CT molecular complexity index is 450. The first-order chi connectivity index (χ1) is 8.54. The van der Waals surface area contributed by atoms with Crippen molar-refractivity contribution in [2.24, 2.45) is 11.0 Å². The predicted molar refractivity (Wildman–Crippen MR) is 70.6 cm³/mol. The van der Waals surface area contributed by atoms with Crippen molar-refractivity contribution in [3.8, 4) is 0 Å². The molecule has 2 N–H and O–H groups in total. The van der Waals surface area contributed by atoms with Crippen molar-refractivity contribution in [2.75, 3.05) is 7.05 Å². The average Bonchev–Trinajstić information content (AvgIpc) is 2.37. The van der Waals surface area contributed by atoms with E-state index < -0.39 is 0 Å². The number of nitrogens with zero attached hydrogens (tertiary/aromatic N) is 1. The summed E-state index contributed by atoms with van der Waals surface area (Å²) < 4.78 is 0. The Morgan fingerprint density at radius 3 is 2.06 bits per heavy atom. The van der Waals surface area contributed by atoms with Crippen LogP contribution in [0.1, 0.15) is 34.6 Å². The third-order valence-corrected chi connectivity index (χ3v) is 2.18. The molecule has 1 aromatic rings. The quantitative estimate of drug-likeness (QED) is 0.624. The molecule has 0 saturated heterocycles. The van der Waals surface area contributed by atoms with Crippen LogP contribution in [0.4, 0.5) is 0 Å². The highest BCUT2D eigenvalue weighted by Gasteiger charge is 2.06. The fourth-order valence-electron chi connectivity index (χ4n) is 1.23. The molecule has 96 valence electrons. The molecule has 0 atom stereocenters. The molecule has 2 amide bonds. The summed E-state index contributed by atoms with van der Waals surface area (Å²) in [4.78, 5) is 23.0. The fraction of sp³-hybridized carbons (Fsp3) is 0.308. The van der Waals surface area contributed by atoms with Crippen LogP contribution in [0.3, 0.4) is 0 Å². The Morgan fingerprint density at radius 1 is 1.11 bits per heavy atom. The van der Waals surface area contributed by atoms with Crippen LogP contribution in [0.25, 0.3) is 0 Å². The lowest BCUT2D eigenvalue weighted by Gasteiger charge is -2.02. The van der Waals surface area contributed by atoms with Crippen LogP contribution < -0.4 is 10.7 Å². The van der Waals surface area contributed by atoms with E-state index in [0.717, 1.165) is 0 Å². The van der Waals surface area contributed by atoms with E-state index in [0.29, 0.717) is 11.1 Å². The standard InChI is InChI=1S/C13H17N3O2/c1-9(2)8-15-16-13(18)11-6-4-10(5-7-11)12(17)14-3/h4-9H,1-3H3,(H,14,17)(H,16,18)/b15-8+. The minimum Gasteiger partial charge on any atom is -0.355 e. The van der Waals surface area contributed by atoms with Crippen molar-refractivity contribution in [2.45, 2.75) is 13.8 Å². The highest BCUT2D eigenvalue weighted by molar-refractivity contribution is 5.97. The van der Waals surface area contributed by atoms with Gasteiger partial charge in [0.05, 0.1) is 0 Å². The van der Waals surface area contributed by atoms with Crippen molar-refractivity contribution >= 4 is 18.0 Å². The molecule has 0 aromatic heterocycles. The van der Waals surface area contributed by atoms with E-state index >= 15 is 0 Å². The fourth-order valence-corrected chi connectivity index (χ4v) is 1.23.